The summed E-state index contributed by atoms with van der Waals surface area (Å²) >= 11 is 0. The van der Waals surface area contributed by atoms with Gasteiger partial charge < -0.3 is 19.5 Å². The van der Waals surface area contributed by atoms with Gasteiger partial charge in [0.2, 0.25) is 11.8 Å². The zero-order valence-corrected chi connectivity index (χ0v) is 18.4. The zero-order valence-electron chi connectivity index (χ0n) is 18.4. The Labute approximate surface area is 191 Å². The molecule has 33 heavy (non-hydrogen) atoms. The van der Waals surface area contributed by atoms with Gasteiger partial charge in [0.05, 0.1) is 18.1 Å². The summed E-state index contributed by atoms with van der Waals surface area (Å²) in [4.78, 5) is 39.4. The first-order valence-electron chi connectivity index (χ1n) is 10.7. The Morgan fingerprint density at radius 2 is 2.00 bits per heavy atom. The maximum Gasteiger partial charge on any atom is 0.269 e. The lowest BCUT2D eigenvalue weighted by Crippen LogP contribution is -2.41. The number of hydrogen-bond donors (Lipinski definition) is 1. The number of nitro benzene ring substituents is 1. The van der Waals surface area contributed by atoms with E-state index >= 15 is 0 Å². The van der Waals surface area contributed by atoms with E-state index in [2.05, 4.69) is 15.4 Å². The average Bonchev–Trinajstić information content (AvgIpc) is 3.22. The van der Waals surface area contributed by atoms with Crippen LogP contribution in [0.5, 0.6) is 0 Å². The topological polar surface area (TPSA) is 131 Å². The van der Waals surface area contributed by atoms with Gasteiger partial charge in [-0.25, -0.2) is 0 Å². The van der Waals surface area contributed by atoms with E-state index < -0.39 is 4.92 Å². The highest BCUT2D eigenvalue weighted by Crippen LogP contribution is 2.13. The maximum atomic E-state index is 12.8. The van der Waals surface area contributed by atoms with Crippen molar-refractivity contribution in [2.45, 2.75) is 13.3 Å². The lowest BCUT2D eigenvalue weighted by Gasteiger charge is -2.28. The molecule has 2 amide bonds. The number of hydrogen-bond acceptors (Lipinski definition) is 8. The number of anilines is 1. The van der Waals surface area contributed by atoms with Crippen molar-refractivity contribution in [1.29, 1.82) is 0 Å². The third-order valence-corrected chi connectivity index (χ3v) is 5.07. The molecule has 2 heterocycles. The molecule has 1 fully saturated rings. The highest BCUT2D eigenvalue weighted by molar-refractivity contribution is 5.97. The van der Waals surface area contributed by atoms with Crippen molar-refractivity contribution in [3.63, 3.8) is 0 Å². The third-order valence-electron chi connectivity index (χ3n) is 5.07. The van der Waals surface area contributed by atoms with Gasteiger partial charge in [0.1, 0.15) is 12.3 Å². The highest BCUT2D eigenvalue weighted by atomic mass is 16.6. The summed E-state index contributed by atoms with van der Waals surface area (Å²) in [5.41, 5.74) is 0.618. The predicted molar refractivity (Wildman–Crippen MR) is 120 cm³/mol. The minimum atomic E-state index is -0.482. The Kier molecular flexibility index (Phi) is 8.67. The smallest absolute Gasteiger partial charge is 0.269 e. The minimum absolute atomic E-state index is 0.0250. The molecule has 0 saturated carbocycles. The number of rotatable bonds is 10. The zero-order chi connectivity index (χ0) is 23.6. The van der Waals surface area contributed by atoms with Gasteiger partial charge in [-0.15, -0.1) is 0 Å². The van der Waals surface area contributed by atoms with Gasteiger partial charge in [-0.3, -0.25) is 24.6 Å². The van der Waals surface area contributed by atoms with Crippen molar-refractivity contribution in [2.24, 2.45) is 0 Å². The lowest BCUT2D eigenvalue weighted by atomic mass is 10.2. The van der Waals surface area contributed by atoms with Crippen LogP contribution in [-0.2, 0) is 14.3 Å². The second-order valence-corrected chi connectivity index (χ2v) is 7.62. The number of morpholine rings is 1. The summed E-state index contributed by atoms with van der Waals surface area (Å²) in [6.07, 6.45) is 3.64. The van der Waals surface area contributed by atoms with Crippen molar-refractivity contribution in [1.82, 2.24) is 15.0 Å². The molecular formula is C22H27N5O6. The molecule has 0 atom stereocenters. The molecule has 1 aromatic heterocycles. The molecule has 1 N–H and O–H groups in total. The molecule has 0 bridgehead atoms. The van der Waals surface area contributed by atoms with Crippen molar-refractivity contribution < 1.29 is 23.8 Å². The molecule has 2 aromatic rings. The predicted octanol–water partition coefficient (Wildman–Crippen LogP) is 2.09. The lowest BCUT2D eigenvalue weighted by molar-refractivity contribution is -0.384. The summed E-state index contributed by atoms with van der Waals surface area (Å²) in [7, 11) is 0. The van der Waals surface area contributed by atoms with Crippen LogP contribution in [0.3, 0.4) is 0 Å². The number of ether oxygens (including phenoxy) is 1. The van der Waals surface area contributed by atoms with Crippen LogP contribution in [0.4, 0.5) is 11.5 Å². The summed E-state index contributed by atoms with van der Waals surface area (Å²) < 4.78 is 10.3. The number of nitro groups is 1. The molecule has 11 heteroatoms. The summed E-state index contributed by atoms with van der Waals surface area (Å²) in [6.45, 7) is 5.85. The number of amides is 2. The van der Waals surface area contributed by atoms with Crippen LogP contribution in [-0.4, -0.2) is 77.6 Å². The van der Waals surface area contributed by atoms with Crippen LogP contribution in [0.2, 0.25) is 0 Å². The number of carbonyl (C=O) groups is 2. The second kappa shape index (κ2) is 11.9. The molecular weight excluding hydrogens is 430 g/mol. The monoisotopic (exact) mass is 457 g/mol. The van der Waals surface area contributed by atoms with Gasteiger partial charge in [0.25, 0.3) is 5.69 Å². The normalized spacial score (nSPS) is 14.3. The summed E-state index contributed by atoms with van der Waals surface area (Å²) in [5.74, 6) is 0.142. The quantitative estimate of drug-likeness (QED) is 0.326. The van der Waals surface area contributed by atoms with Crippen LogP contribution in [0.15, 0.2) is 40.9 Å². The number of carbonyl (C=O) groups excluding carboxylic acids is 2. The SMILES string of the molecule is Cc1cc(NC(=O)CN(CCCN2CCOCC2)C(=O)C=Cc2ccc([N+](=O)[O-])cc2)no1. The summed E-state index contributed by atoms with van der Waals surface area (Å²) in [6, 6.07) is 7.46. The molecule has 1 saturated heterocycles. The maximum absolute atomic E-state index is 12.8. The third kappa shape index (κ3) is 7.81. The molecule has 0 radical (unpaired) electrons. The minimum Gasteiger partial charge on any atom is -0.379 e. The molecule has 0 aliphatic carbocycles. The highest BCUT2D eigenvalue weighted by Gasteiger charge is 2.17. The van der Waals surface area contributed by atoms with Crippen LogP contribution in [0.1, 0.15) is 17.7 Å². The second-order valence-electron chi connectivity index (χ2n) is 7.62. The summed E-state index contributed by atoms with van der Waals surface area (Å²) in [5, 5.41) is 17.1. The average molecular weight is 457 g/mol. The van der Waals surface area contributed by atoms with Crippen LogP contribution in [0.25, 0.3) is 6.08 Å². The molecule has 11 nitrogen and oxygen atoms in total. The van der Waals surface area contributed by atoms with Gasteiger partial charge in [-0.1, -0.05) is 5.16 Å². The number of benzene rings is 1. The number of nitrogens with zero attached hydrogens (tertiary/aromatic N) is 4. The van der Waals surface area contributed by atoms with Gasteiger partial charge in [-0.05, 0) is 37.1 Å². The molecule has 1 aliphatic heterocycles. The number of aryl methyl sites for hydroxylation is 1. The molecule has 0 spiro atoms. The van der Waals surface area contributed by atoms with Gasteiger partial charge >= 0.3 is 0 Å². The number of nitrogens with one attached hydrogen (secondary N) is 1. The standard InChI is InChI=1S/C22H27N5O6/c1-17-15-20(24-33-17)23-21(28)16-26(10-2-9-25-11-13-32-14-12-25)22(29)8-5-18-3-6-19(7-4-18)27(30)31/h3-8,15H,2,9-14,16H2,1H3,(H,23,24,28). The Morgan fingerprint density at radius 1 is 1.27 bits per heavy atom. The molecule has 1 aliphatic rings. The molecule has 176 valence electrons. The first kappa shape index (κ1) is 24.1. The van der Waals surface area contributed by atoms with E-state index in [9.17, 15) is 19.7 Å². The Bertz CT molecular complexity index is 981. The Morgan fingerprint density at radius 3 is 2.64 bits per heavy atom. The van der Waals surface area contributed by atoms with Crippen molar-refractivity contribution in [3.05, 3.63) is 57.8 Å². The van der Waals surface area contributed by atoms with E-state index in [-0.39, 0.29) is 24.0 Å². The van der Waals surface area contributed by atoms with Crippen LogP contribution >= 0.6 is 0 Å². The van der Waals surface area contributed by atoms with E-state index in [4.69, 9.17) is 9.26 Å². The Balaban J connectivity index is 1.61. The fourth-order valence-corrected chi connectivity index (χ4v) is 3.34. The van der Waals surface area contributed by atoms with Gasteiger partial charge in [-0.2, -0.15) is 0 Å². The van der Waals surface area contributed by atoms with Gasteiger partial charge in [0.15, 0.2) is 5.82 Å². The van der Waals surface area contributed by atoms with Crippen LogP contribution < -0.4 is 5.32 Å². The van der Waals surface area contributed by atoms with Gasteiger partial charge in [0, 0.05) is 50.5 Å². The molecule has 3 rings (SSSR count). The molecule has 0 unspecified atom stereocenters. The van der Waals surface area contributed by atoms with Crippen LogP contribution in [0, 0.1) is 17.0 Å². The first-order valence-corrected chi connectivity index (χ1v) is 10.7. The number of non-ortho nitro benzene ring substituents is 1. The van der Waals surface area contributed by atoms with E-state index in [1.165, 1.54) is 23.1 Å². The first-order chi connectivity index (χ1) is 15.9. The van der Waals surface area contributed by atoms with Crippen molar-refractivity contribution in [2.75, 3.05) is 51.3 Å². The van der Waals surface area contributed by atoms with E-state index in [0.717, 1.165) is 19.6 Å². The van der Waals surface area contributed by atoms with E-state index in [0.29, 0.717) is 43.3 Å². The van der Waals surface area contributed by atoms with E-state index in [1.807, 2.05) is 0 Å². The largest absolute Gasteiger partial charge is 0.379 e. The fourth-order valence-electron chi connectivity index (χ4n) is 3.34. The molecule has 1 aromatic carbocycles. The van der Waals surface area contributed by atoms with Crippen molar-refractivity contribution >= 4 is 29.4 Å². The Hall–Kier alpha value is -3.57. The number of aromatic nitrogens is 1. The van der Waals surface area contributed by atoms with E-state index in [1.54, 1.807) is 31.2 Å². The van der Waals surface area contributed by atoms with Crippen molar-refractivity contribution in [3.8, 4) is 0 Å². The fraction of sp³-hybridized carbons (Fsp3) is 0.409.